The maximum absolute atomic E-state index is 13.7. The van der Waals surface area contributed by atoms with Crippen molar-refractivity contribution in [1.29, 1.82) is 0 Å². The molecule has 2 aliphatic rings. The normalized spacial score (nSPS) is 22.1. The van der Waals surface area contributed by atoms with Crippen LogP contribution in [-0.2, 0) is 6.42 Å². The van der Waals surface area contributed by atoms with Crippen LogP contribution in [0.25, 0.3) is 10.8 Å². The van der Waals surface area contributed by atoms with E-state index in [0.717, 1.165) is 19.4 Å². The third-order valence-electron chi connectivity index (χ3n) is 6.48. The number of benzene rings is 2. The van der Waals surface area contributed by atoms with Gasteiger partial charge in [-0.05, 0) is 47.4 Å². The molecule has 0 saturated carbocycles. The zero-order valence-electron chi connectivity index (χ0n) is 17.3. The van der Waals surface area contributed by atoms with Gasteiger partial charge in [0, 0.05) is 17.8 Å². The van der Waals surface area contributed by atoms with Crippen LogP contribution in [0.2, 0.25) is 0 Å². The molecule has 2 heterocycles. The zero-order chi connectivity index (χ0) is 21.5. The highest BCUT2D eigenvalue weighted by Gasteiger charge is 2.39. The van der Waals surface area contributed by atoms with Gasteiger partial charge in [0.25, 0.3) is 5.91 Å². The predicted molar refractivity (Wildman–Crippen MR) is 123 cm³/mol. The van der Waals surface area contributed by atoms with E-state index in [2.05, 4.69) is 29.6 Å². The highest BCUT2D eigenvalue weighted by molar-refractivity contribution is 7.81. The minimum atomic E-state index is -0.148. The molecule has 3 atom stereocenters. The van der Waals surface area contributed by atoms with Crippen molar-refractivity contribution >= 4 is 29.3 Å². The van der Waals surface area contributed by atoms with Crippen LogP contribution >= 0.6 is 12.6 Å². The number of hydrogen-bond donors (Lipinski definition) is 2. The second-order valence-corrected chi connectivity index (χ2v) is 8.90. The van der Waals surface area contributed by atoms with E-state index in [9.17, 15) is 10.0 Å². The van der Waals surface area contributed by atoms with Crippen molar-refractivity contribution in [3.05, 3.63) is 76.6 Å². The Bertz CT molecular complexity index is 1150. The molecule has 7 heteroatoms. The van der Waals surface area contributed by atoms with E-state index >= 15 is 0 Å². The number of rotatable bonds is 5. The molecule has 160 valence electrons. The molecule has 1 aliphatic carbocycles. The van der Waals surface area contributed by atoms with Crippen LogP contribution in [0.1, 0.15) is 33.9 Å². The predicted octanol–water partition coefficient (Wildman–Crippen LogP) is 2.88. The quantitative estimate of drug-likeness (QED) is 0.367. The summed E-state index contributed by atoms with van der Waals surface area (Å²) in [7, 11) is 1.44. The molecule has 1 aliphatic heterocycles. The Morgan fingerprint density at radius 3 is 2.84 bits per heavy atom. The van der Waals surface area contributed by atoms with Gasteiger partial charge in [0.1, 0.15) is 5.56 Å². The summed E-state index contributed by atoms with van der Waals surface area (Å²) in [6.07, 6.45) is 3.09. The fraction of sp³-hybridized carbons (Fsp3) is 0.333. The molecular weight excluding hydrogens is 410 g/mol. The number of carbonyl (C=O) groups is 1. The fourth-order valence-electron chi connectivity index (χ4n) is 4.78. The summed E-state index contributed by atoms with van der Waals surface area (Å²) in [5.74, 6) is 0.0148. The number of nitrogens with one attached hydrogen (secondary N) is 1. The Kier molecular flexibility index (Phi) is 5.24. The molecule has 0 bridgehead atoms. The van der Waals surface area contributed by atoms with Gasteiger partial charge in [0.05, 0.1) is 19.2 Å². The van der Waals surface area contributed by atoms with Crippen molar-refractivity contribution in [2.24, 2.45) is 0 Å². The van der Waals surface area contributed by atoms with Crippen LogP contribution in [0.15, 0.2) is 54.7 Å². The first-order valence-electron chi connectivity index (χ1n) is 10.6. The monoisotopic (exact) mass is 435 g/mol. The van der Waals surface area contributed by atoms with E-state index in [1.54, 1.807) is 6.07 Å². The van der Waals surface area contributed by atoms with Gasteiger partial charge in [-0.15, -0.1) is 4.73 Å². The molecule has 1 fully saturated rings. The van der Waals surface area contributed by atoms with Crippen LogP contribution in [0.4, 0.5) is 0 Å². The summed E-state index contributed by atoms with van der Waals surface area (Å²) in [4.78, 5) is 15.6. The van der Waals surface area contributed by atoms with Gasteiger partial charge >= 0.3 is 5.88 Å². The lowest BCUT2D eigenvalue weighted by molar-refractivity contribution is -0.612. The third-order valence-corrected chi connectivity index (χ3v) is 7.10. The van der Waals surface area contributed by atoms with Crippen molar-refractivity contribution in [3.63, 3.8) is 0 Å². The molecule has 0 radical (unpaired) electrons. The van der Waals surface area contributed by atoms with Crippen molar-refractivity contribution in [2.75, 3.05) is 20.2 Å². The topological polar surface area (TPSA) is 68.5 Å². The first-order chi connectivity index (χ1) is 15.1. The lowest BCUT2D eigenvalue weighted by Gasteiger charge is -2.42. The number of thiol groups is 1. The molecule has 31 heavy (non-hydrogen) atoms. The van der Waals surface area contributed by atoms with Gasteiger partial charge in [-0.3, -0.25) is 4.79 Å². The number of methoxy groups -OCH3 is 1. The second kappa shape index (κ2) is 8.05. The molecule has 3 aromatic rings. The largest absolute Gasteiger partial charge is 0.616 e. The first kappa shape index (κ1) is 20.2. The first-order valence-corrected chi connectivity index (χ1v) is 11.1. The number of aromatic nitrogens is 1. The van der Waals surface area contributed by atoms with Gasteiger partial charge in [-0.1, -0.05) is 36.4 Å². The van der Waals surface area contributed by atoms with Crippen LogP contribution in [-0.4, -0.2) is 42.3 Å². The Morgan fingerprint density at radius 1 is 1.26 bits per heavy atom. The summed E-state index contributed by atoms with van der Waals surface area (Å²) >= 11 is 4.72. The molecule has 6 nitrogen and oxygen atoms in total. The van der Waals surface area contributed by atoms with E-state index in [-0.39, 0.29) is 29.1 Å². The molecule has 2 aromatic carbocycles. The highest BCUT2D eigenvalue weighted by Crippen LogP contribution is 2.43. The Hall–Kier alpha value is -2.77. The fourth-order valence-corrected chi connectivity index (χ4v) is 5.11. The van der Waals surface area contributed by atoms with E-state index in [0.29, 0.717) is 16.8 Å². The van der Waals surface area contributed by atoms with E-state index < -0.39 is 0 Å². The van der Waals surface area contributed by atoms with Crippen molar-refractivity contribution < 1.29 is 14.3 Å². The molecular formula is C24H25N3O3S. The lowest BCUT2D eigenvalue weighted by atomic mass is 9.78. The van der Waals surface area contributed by atoms with Gasteiger partial charge in [0.15, 0.2) is 6.20 Å². The maximum atomic E-state index is 13.7. The molecule has 0 spiro atoms. The van der Waals surface area contributed by atoms with Crippen molar-refractivity contribution in [3.8, 4) is 5.88 Å². The average Bonchev–Trinajstić information content (AvgIpc) is 3.16. The maximum Gasteiger partial charge on any atom is 0.379 e. The number of amides is 1. The number of carbonyl (C=O) groups excluding carboxylic acids is 1. The number of nitrogens with zero attached hydrogens (tertiary/aromatic N) is 2. The van der Waals surface area contributed by atoms with E-state index in [1.807, 2.05) is 17.0 Å². The molecule has 1 amide bonds. The summed E-state index contributed by atoms with van der Waals surface area (Å²) in [6, 6.07) is 15.9. The van der Waals surface area contributed by atoms with Gasteiger partial charge in [-0.25, -0.2) is 0 Å². The summed E-state index contributed by atoms with van der Waals surface area (Å²) < 4.78 is 5.64. The van der Waals surface area contributed by atoms with E-state index in [1.165, 1.54) is 41.3 Å². The van der Waals surface area contributed by atoms with Crippen LogP contribution in [0.5, 0.6) is 5.88 Å². The lowest BCUT2D eigenvalue weighted by Crippen LogP contribution is -2.48. The van der Waals surface area contributed by atoms with Gasteiger partial charge < -0.3 is 20.2 Å². The number of ether oxygens (including phenoxy) is 1. The van der Waals surface area contributed by atoms with Crippen molar-refractivity contribution in [1.82, 2.24) is 10.2 Å². The number of pyridine rings is 1. The minimum absolute atomic E-state index is 0.0289. The summed E-state index contributed by atoms with van der Waals surface area (Å²) in [5.41, 5.74) is 2.85. The summed E-state index contributed by atoms with van der Waals surface area (Å²) in [6.45, 7) is 1.44. The highest BCUT2D eigenvalue weighted by atomic mass is 32.1. The van der Waals surface area contributed by atoms with Crippen LogP contribution in [0, 0.1) is 5.21 Å². The third kappa shape index (κ3) is 3.51. The molecule has 1 unspecified atom stereocenters. The SMILES string of the molecule is COc1ccc(C(=O)N(C[C@H]2NCC[C@H]2S)C2Cc3ccc4ccccc4c32)c[n+]1[O-]. The summed E-state index contributed by atoms with van der Waals surface area (Å²) in [5, 5.41) is 18.3. The molecule has 5 rings (SSSR count). The molecule has 1 aromatic heterocycles. The van der Waals surface area contributed by atoms with Gasteiger partial charge in [0.2, 0.25) is 0 Å². The number of hydrogen-bond acceptors (Lipinski definition) is 5. The molecule has 1 saturated heterocycles. The van der Waals surface area contributed by atoms with Crippen molar-refractivity contribution in [2.45, 2.75) is 30.2 Å². The Labute approximate surface area is 186 Å². The molecule has 1 N–H and O–H groups in total. The van der Waals surface area contributed by atoms with Crippen LogP contribution < -0.4 is 14.8 Å². The van der Waals surface area contributed by atoms with Gasteiger partial charge in [-0.2, -0.15) is 12.6 Å². The minimum Gasteiger partial charge on any atom is -0.616 e. The smallest absolute Gasteiger partial charge is 0.379 e. The zero-order valence-corrected chi connectivity index (χ0v) is 18.2. The standard InChI is InChI=1S/C24H25N3O3S/c1-30-22-9-8-17(13-27(22)29)24(28)26(14-19-21(31)10-11-25-19)20-12-16-7-6-15-4-2-3-5-18(15)23(16)20/h2-9,13,19-21,25,31H,10-12,14H2,1H3/t19-,20?,21-/m1/s1. The Morgan fingerprint density at radius 2 is 2.10 bits per heavy atom. The second-order valence-electron chi connectivity index (χ2n) is 8.24. The van der Waals surface area contributed by atoms with E-state index in [4.69, 9.17) is 17.4 Å². The average molecular weight is 436 g/mol. The Balaban J connectivity index is 1.53. The van der Waals surface area contributed by atoms with Crippen LogP contribution in [0.3, 0.4) is 0 Å². The number of fused-ring (bicyclic) bond motifs is 3.